The Bertz CT molecular complexity index is 883. The number of nitrogens with one attached hydrogen (secondary N) is 2. The molecule has 1 aromatic heterocycles. The number of sulfonamides is 1. The fourth-order valence-corrected chi connectivity index (χ4v) is 6.52. The molecular formula is C22H34N4O4S. The van der Waals surface area contributed by atoms with Crippen LogP contribution in [0.4, 0.5) is 0 Å². The van der Waals surface area contributed by atoms with Crippen LogP contribution < -0.4 is 5.32 Å². The summed E-state index contributed by atoms with van der Waals surface area (Å²) in [5.41, 5.74) is 0.306. The largest absolute Gasteiger partial charge is 0.356 e. The van der Waals surface area contributed by atoms with Crippen molar-refractivity contribution in [1.29, 1.82) is 0 Å². The van der Waals surface area contributed by atoms with Crippen LogP contribution >= 0.6 is 0 Å². The first-order valence-electron chi connectivity index (χ1n) is 11.7. The minimum absolute atomic E-state index is 0.0224. The molecule has 3 fully saturated rings. The summed E-state index contributed by atoms with van der Waals surface area (Å²) in [6, 6.07) is 1.65. The van der Waals surface area contributed by atoms with Crippen molar-refractivity contribution in [2.75, 3.05) is 26.2 Å². The van der Waals surface area contributed by atoms with Crippen molar-refractivity contribution in [2.24, 2.45) is 5.92 Å². The molecule has 0 bridgehead atoms. The second kappa shape index (κ2) is 9.73. The molecule has 3 aliphatic rings. The Morgan fingerprint density at radius 1 is 0.935 bits per heavy atom. The Morgan fingerprint density at radius 3 is 2.35 bits per heavy atom. The normalized spacial score (nSPS) is 24.1. The van der Waals surface area contributed by atoms with Crippen molar-refractivity contribution < 1.29 is 18.0 Å². The summed E-state index contributed by atoms with van der Waals surface area (Å²) in [5.74, 6) is -0.500. The zero-order chi connectivity index (χ0) is 21.8. The van der Waals surface area contributed by atoms with Crippen molar-refractivity contribution in [3.8, 4) is 0 Å². The van der Waals surface area contributed by atoms with Gasteiger partial charge in [-0.1, -0.05) is 25.7 Å². The highest BCUT2D eigenvalue weighted by Gasteiger charge is 2.35. The minimum Gasteiger partial charge on any atom is -0.356 e. The van der Waals surface area contributed by atoms with Gasteiger partial charge < -0.3 is 15.2 Å². The van der Waals surface area contributed by atoms with Crippen LogP contribution in [0.1, 0.15) is 74.7 Å². The molecule has 0 aromatic carbocycles. The molecule has 31 heavy (non-hydrogen) atoms. The molecule has 8 nitrogen and oxygen atoms in total. The summed E-state index contributed by atoms with van der Waals surface area (Å²) < 4.78 is 27.8. The van der Waals surface area contributed by atoms with Crippen LogP contribution in [0.25, 0.3) is 0 Å². The Balaban J connectivity index is 1.40. The van der Waals surface area contributed by atoms with Gasteiger partial charge in [0.15, 0.2) is 0 Å². The Kier molecular flexibility index (Phi) is 7.01. The summed E-state index contributed by atoms with van der Waals surface area (Å²) in [4.78, 5) is 30.1. The van der Waals surface area contributed by atoms with Gasteiger partial charge in [0, 0.05) is 38.4 Å². The van der Waals surface area contributed by atoms with Gasteiger partial charge in [0.2, 0.25) is 15.9 Å². The topological polar surface area (TPSA) is 103 Å². The predicted octanol–water partition coefficient (Wildman–Crippen LogP) is 2.49. The van der Waals surface area contributed by atoms with E-state index in [-0.39, 0.29) is 35.2 Å². The molecule has 9 heteroatoms. The first-order valence-corrected chi connectivity index (χ1v) is 13.2. The molecule has 3 heterocycles. The Morgan fingerprint density at radius 2 is 1.65 bits per heavy atom. The molecule has 4 rings (SSSR count). The van der Waals surface area contributed by atoms with E-state index in [0.29, 0.717) is 38.2 Å². The van der Waals surface area contributed by atoms with Crippen LogP contribution in [0.5, 0.6) is 0 Å². The summed E-state index contributed by atoms with van der Waals surface area (Å²) in [6.07, 6.45) is 11.5. The molecule has 2 saturated heterocycles. The lowest BCUT2D eigenvalue weighted by atomic mass is 9.97. The molecule has 1 saturated carbocycles. The Hall–Kier alpha value is -1.87. The van der Waals surface area contributed by atoms with Gasteiger partial charge in [-0.15, -0.1) is 0 Å². The van der Waals surface area contributed by atoms with E-state index in [1.807, 2.05) is 0 Å². The number of carbonyl (C=O) groups is 2. The van der Waals surface area contributed by atoms with Gasteiger partial charge in [-0.25, -0.2) is 8.42 Å². The molecule has 2 N–H and O–H groups in total. The lowest BCUT2D eigenvalue weighted by Gasteiger charge is -2.32. The first kappa shape index (κ1) is 22.3. The maximum Gasteiger partial charge on any atom is 0.270 e. The number of piperidine rings is 1. The first-order chi connectivity index (χ1) is 14.9. The molecular weight excluding hydrogens is 416 g/mol. The number of rotatable bonds is 5. The van der Waals surface area contributed by atoms with Crippen LogP contribution in [-0.2, 0) is 14.8 Å². The molecule has 2 amide bonds. The van der Waals surface area contributed by atoms with Gasteiger partial charge in [0.25, 0.3) is 5.91 Å². The quantitative estimate of drug-likeness (QED) is 0.673. The maximum atomic E-state index is 13.2. The van der Waals surface area contributed by atoms with Gasteiger partial charge in [0.1, 0.15) is 10.6 Å². The van der Waals surface area contributed by atoms with Crippen molar-refractivity contribution in [3.05, 3.63) is 18.0 Å². The third kappa shape index (κ3) is 5.14. The lowest BCUT2D eigenvalue weighted by molar-refractivity contribution is -0.126. The summed E-state index contributed by atoms with van der Waals surface area (Å²) in [6.45, 7) is 2.02. The van der Waals surface area contributed by atoms with Gasteiger partial charge in [-0.05, 0) is 44.6 Å². The zero-order valence-electron chi connectivity index (χ0n) is 18.1. The SMILES string of the molecule is O=C(NC1CCCCCC1)C1CCCN(S(=O)(=O)c2c[nH]c(C(=O)N3CCCC3)c2)C1. The smallest absolute Gasteiger partial charge is 0.270 e. The highest BCUT2D eigenvalue weighted by molar-refractivity contribution is 7.89. The van der Waals surface area contributed by atoms with Crippen molar-refractivity contribution >= 4 is 21.8 Å². The standard InChI is InChI=1S/C22H34N4O4S/c27-21(24-18-9-3-1-2-4-10-18)17-8-7-13-26(16-17)31(29,30)19-14-20(23-15-19)22(28)25-11-5-6-12-25/h14-15,17-18,23H,1-13,16H2,(H,24,27). The lowest BCUT2D eigenvalue weighted by Crippen LogP contribution is -2.47. The average Bonchev–Trinajstić information content (AvgIpc) is 3.43. The van der Waals surface area contributed by atoms with E-state index in [4.69, 9.17) is 0 Å². The molecule has 0 radical (unpaired) electrons. The van der Waals surface area contributed by atoms with Crippen LogP contribution in [0.2, 0.25) is 0 Å². The fourth-order valence-electron chi connectivity index (χ4n) is 5.00. The van der Waals surface area contributed by atoms with E-state index in [1.165, 1.54) is 29.4 Å². The number of hydrogen-bond donors (Lipinski definition) is 2. The van der Waals surface area contributed by atoms with Crippen LogP contribution in [0.3, 0.4) is 0 Å². The molecule has 1 aromatic rings. The summed E-state index contributed by atoms with van der Waals surface area (Å²) in [7, 11) is -3.75. The van der Waals surface area contributed by atoms with E-state index in [1.54, 1.807) is 4.90 Å². The fraction of sp³-hybridized carbons (Fsp3) is 0.727. The van der Waals surface area contributed by atoms with E-state index >= 15 is 0 Å². The number of aromatic nitrogens is 1. The van der Waals surface area contributed by atoms with E-state index in [9.17, 15) is 18.0 Å². The van der Waals surface area contributed by atoms with Crippen molar-refractivity contribution in [1.82, 2.24) is 19.5 Å². The van der Waals surface area contributed by atoms with E-state index < -0.39 is 10.0 Å². The average molecular weight is 451 g/mol. The van der Waals surface area contributed by atoms with Gasteiger partial charge >= 0.3 is 0 Å². The van der Waals surface area contributed by atoms with Crippen molar-refractivity contribution in [3.63, 3.8) is 0 Å². The molecule has 2 aliphatic heterocycles. The second-order valence-electron chi connectivity index (χ2n) is 9.15. The molecule has 1 aliphatic carbocycles. The minimum atomic E-state index is -3.75. The van der Waals surface area contributed by atoms with Gasteiger partial charge in [-0.2, -0.15) is 4.31 Å². The highest BCUT2D eigenvalue weighted by Crippen LogP contribution is 2.26. The monoisotopic (exact) mass is 450 g/mol. The zero-order valence-corrected chi connectivity index (χ0v) is 19.0. The molecule has 0 spiro atoms. The number of hydrogen-bond acceptors (Lipinski definition) is 4. The van der Waals surface area contributed by atoms with Crippen LogP contribution in [0, 0.1) is 5.92 Å². The summed E-state index contributed by atoms with van der Waals surface area (Å²) in [5, 5.41) is 3.17. The number of nitrogens with zero attached hydrogens (tertiary/aromatic N) is 2. The maximum absolute atomic E-state index is 13.2. The molecule has 1 atom stereocenters. The molecule has 1 unspecified atom stereocenters. The number of likely N-dealkylation sites (tertiary alicyclic amines) is 1. The second-order valence-corrected chi connectivity index (χ2v) is 11.1. The van der Waals surface area contributed by atoms with Crippen LogP contribution in [-0.4, -0.2) is 66.6 Å². The third-order valence-electron chi connectivity index (χ3n) is 6.87. The van der Waals surface area contributed by atoms with E-state index in [0.717, 1.165) is 38.5 Å². The van der Waals surface area contributed by atoms with Crippen LogP contribution in [0.15, 0.2) is 17.2 Å². The third-order valence-corrected chi connectivity index (χ3v) is 8.72. The van der Waals surface area contributed by atoms with Crippen molar-refractivity contribution in [2.45, 2.75) is 75.1 Å². The van der Waals surface area contributed by atoms with E-state index in [2.05, 4.69) is 10.3 Å². The number of amides is 2. The van der Waals surface area contributed by atoms with Gasteiger partial charge in [0.05, 0.1) is 5.92 Å². The van der Waals surface area contributed by atoms with Gasteiger partial charge in [-0.3, -0.25) is 9.59 Å². The number of carbonyl (C=O) groups excluding carboxylic acids is 2. The Labute approximate surface area is 184 Å². The summed E-state index contributed by atoms with van der Waals surface area (Å²) >= 11 is 0. The number of aromatic amines is 1. The molecule has 172 valence electrons. The number of H-pyrrole nitrogens is 1. The highest BCUT2D eigenvalue weighted by atomic mass is 32.2. The predicted molar refractivity (Wildman–Crippen MR) is 117 cm³/mol.